The average molecular weight is 381 g/mol. The second kappa shape index (κ2) is 6.28. The van der Waals surface area contributed by atoms with Crippen molar-refractivity contribution in [3.05, 3.63) is 69.8 Å². The van der Waals surface area contributed by atoms with Crippen molar-refractivity contribution in [1.29, 1.82) is 0 Å². The van der Waals surface area contributed by atoms with Crippen molar-refractivity contribution in [2.24, 2.45) is 4.99 Å². The third-order valence-corrected chi connectivity index (χ3v) is 5.28. The van der Waals surface area contributed by atoms with E-state index in [1.54, 1.807) is 5.38 Å². The van der Waals surface area contributed by atoms with Crippen molar-refractivity contribution in [1.82, 2.24) is 4.98 Å². The monoisotopic (exact) mass is 381 g/mol. The molecule has 2 aromatic carbocycles. The highest BCUT2D eigenvalue weighted by molar-refractivity contribution is 7.12. The molecule has 0 saturated carbocycles. The number of aromatic nitrogens is 1. The molecule has 2 heterocycles. The molecular weight excluding hydrogens is 365 g/mol. The minimum absolute atomic E-state index is 0.0941. The summed E-state index contributed by atoms with van der Waals surface area (Å²) in [5.41, 5.74) is 2.28. The van der Waals surface area contributed by atoms with Crippen LogP contribution in [0.3, 0.4) is 0 Å². The number of carbonyl (C=O) groups is 1. The van der Waals surface area contributed by atoms with Crippen LogP contribution < -0.4 is 5.32 Å². The average Bonchev–Trinajstić information content (AvgIpc) is 3.11. The van der Waals surface area contributed by atoms with E-state index in [-0.39, 0.29) is 11.1 Å². The van der Waals surface area contributed by atoms with Crippen LogP contribution in [-0.2, 0) is 5.54 Å². The molecule has 1 aliphatic rings. The fourth-order valence-electron chi connectivity index (χ4n) is 3.08. The van der Waals surface area contributed by atoms with Crippen molar-refractivity contribution in [3.8, 4) is 11.3 Å². The van der Waals surface area contributed by atoms with Gasteiger partial charge in [-0.1, -0.05) is 18.2 Å². The Morgan fingerprint density at radius 3 is 2.74 bits per heavy atom. The number of benzene rings is 2. The summed E-state index contributed by atoms with van der Waals surface area (Å²) < 4.78 is 14.3. The minimum Gasteiger partial charge on any atom is -0.478 e. The number of para-hydroxylation sites is 1. The molecule has 1 aliphatic heterocycles. The van der Waals surface area contributed by atoms with Crippen LogP contribution in [0.25, 0.3) is 11.3 Å². The summed E-state index contributed by atoms with van der Waals surface area (Å²) in [7, 11) is 0. The van der Waals surface area contributed by atoms with Crippen LogP contribution in [0.1, 0.15) is 34.8 Å². The van der Waals surface area contributed by atoms with Crippen molar-refractivity contribution in [2.45, 2.75) is 19.4 Å². The lowest BCUT2D eigenvalue weighted by molar-refractivity contribution is 0.0696. The molecule has 4 rings (SSSR count). The minimum atomic E-state index is -1.17. The third kappa shape index (κ3) is 3.10. The second-order valence-corrected chi connectivity index (χ2v) is 7.59. The van der Waals surface area contributed by atoms with Crippen LogP contribution in [0.4, 0.5) is 10.1 Å². The number of carboxylic acid groups (broad SMARTS) is 1. The van der Waals surface area contributed by atoms with E-state index in [0.29, 0.717) is 16.5 Å². The Morgan fingerprint density at radius 1 is 1.22 bits per heavy atom. The molecule has 5 nitrogen and oxygen atoms in total. The maximum Gasteiger partial charge on any atom is 0.335 e. The molecule has 136 valence electrons. The molecule has 0 amide bonds. The first kappa shape index (κ1) is 17.4. The fourth-order valence-corrected chi connectivity index (χ4v) is 3.85. The van der Waals surface area contributed by atoms with Crippen molar-refractivity contribution < 1.29 is 14.3 Å². The molecule has 0 bridgehead atoms. The highest BCUT2D eigenvalue weighted by atomic mass is 32.1. The van der Waals surface area contributed by atoms with Gasteiger partial charge in [-0.15, -0.1) is 11.3 Å². The van der Waals surface area contributed by atoms with E-state index in [1.807, 2.05) is 38.1 Å². The maximum atomic E-state index is 14.3. The molecule has 0 aliphatic carbocycles. The van der Waals surface area contributed by atoms with Crippen molar-refractivity contribution in [3.63, 3.8) is 0 Å². The predicted molar refractivity (Wildman–Crippen MR) is 104 cm³/mol. The summed E-state index contributed by atoms with van der Waals surface area (Å²) in [6.07, 6.45) is 0. The number of carboxylic acids is 1. The van der Waals surface area contributed by atoms with Crippen LogP contribution in [0, 0.1) is 5.82 Å². The lowest BCUT2D eigenvalue weighted by Gasteiger charge is -2.30. The number of thiazole rings is 1. The Morgan fingerprint density at radius 2 is 2.00 bits per heavy atom. The zero-order valence-electron chi connectivity index (χ0n) is 14.7. The summed E-state index contributed by atoms with van der Waals surface area (Å²) >= 11 is 1.36. The first-order valence-electron chi connectivity index (χ1n) is 8.31. The van der Waals surface area contributed by atoms with Crippen molar-refractivity contribution >= 4 is 28.8 Å². The van der Waals surface area contributed by atoms with E-state index >= 15 is 0 Å². The van der Waals surface area contributed by atoms with Crippen LogP contribution in [-0.4, -0.2) is 21.9 Å². The molecule has 2 N–H and O–H groups in total. The summed E-state index contributed by atoms with van der Waals surface area (Å²) in [5, 5.41) is 14.7. The molecule has 0 unspecified atom stereocenters. The summed E-state index contributed by atoms with van der Waals surface area (Å²) in [6.45, 7) is 4.07. The normalized spacial score (nSPS) is 14.9. The molecule has 7 heteroatoms. The largest absolute Gasteiger partial charge is 0.478 e. The third-order valence-electron chi connectivity index (χ3n) is 4.43. The lowest BCUT2D eigenvalue weighted by atomic mass is 9.92. The van der Waals surface area contributed by atoms with Gasteiger partial charge in [-0.05, 0) is 38.1 Å². The number of hydrogen-bond donors (Lipinski definition) is 2. The predicted octanol–water partition coefficient (Wildman–Crippen LogP) is 4.75. The van der Waals surface area contributed by atoms with Gasteiger partial charge in [0.2, 0.25) is 0 Å². The van der Waals surface area contributed by atoms with Gasteiger partial charge in [0.1, 0.15) is 5.82 Å². The number of anilines is 1. The van der Waals surface area contributed by atoms with E-state index in [2.05, 4.69) is 10.3 Å². The zero-order valence-corrected chi connectivity index (χ0v) is 15.5. The van der Waals surface area contributed by atoms with Gasteiger partial charge in [-0.25, -0.2) is 14.2 Å². The van der Waals surface area contributed by atoms with Crippen LogP contribution >= 0.6 is 11.3 Å². The van der Waals surface area contributed by atoms with Gasteiger partial charge in [-0.3, -0.25) is 4.99 Å². The number of nitrogens with one attached hydrogen (secondary N) is 1. The van der Waals surface area contributed by atoms with Gasteiger partial charge in [0.15, 0.2) is 10.8 Å². The number of aliphatic imine (C=N–C) groups is 1. The fraction of sp³-hybridized carbons (Fsp3) is 0.150. The Labute approximate surface area is 159 Å². The molecule has 0 spiro atoms. The van der Waals surface area contributed by atoms with E-state index in [4.69, 9.17) is 10.1 Å². The summed E-state index contributed by atoms with van der Waals surface area (Å²) in [5.74, 6) is -1.14. The maximum absolute atomic E-state index is 14.3. The summed E-state index contributed by atoms with van der Waals surface area (Å²) in [4.78, 5) is 20.3. The molecule has 0 fully saturated rings. The first-order chi connectivity index (χ1) is 12.8. The molecule has 27 heavy (non-hydrogen) atoms. The lowest BCUT2D eigenvalue weighted by Crippen LogP contribution is -2.29. The molecule has 3 aromatic rings. The summed E-state index contributed by atoms with van der Waals surface area (Å²) in [6, 6.07) is 11.8. The van der Waals surface area contributed by atoms with Gasteiger partial charge >= 0.3 is 5.97 Å². The smallest absolute Gasteiger partial charge is 0.335 e. The van der Waals surface area contributed by atoms with Crippen LogP contribution in [0.15, 0.2) is 52.8 Å². The zero-order chi connectivity index (χ0) is 19.2. The van der Waals surface area contributed by atoms with E-state index in [9.17, 15) is 9.18 Å². The number of amidine groups is 1. The van der Waals surface area contributed by atoms with E-state index in [1.165, 1.54) is 23.5 Å². The number of fused-ring (bicyclic) bond motifs is 1. The van der Waals surface area contributed by atoms with Crippen LogP contribution in [0.5, 0.6) is 0 Å². The molecule has 0 radical (unpaired) electrons. The number of hydrogen-bond acceptors (Lipinski definition) is 5. The van der Waals surface area contributed by atoms with Gasteiger partial charge in [-0.2, -0.15) is 0 Å². The number of aromatic carboxylic acids is 1. The Bertz CT molecular complexity index is 1090. The Kier molecular flexibility index (Phi) is 4.04. The second-order valence-electron chi connectivity index (χ2n) is 6.73. The number of rotatable bonds is 3. The van der Waals surface area contributed by atoms with Gasteiger partial charge < -0.3 is 10.4 Å². The topological polar surface area (TPSA) is 74.6 Å². The SMILES string of the molecule is CC1(C)N=C(c2nc(-c3ccc(C(=O)O)cc3F)cs2)Nc2ccccc21. The van der Waals surface area contributed by atoms with Gasteiger partial charge in [0.05, 0.1) is 16.8 Å². The van der Waals surface area contributed by atoms with Crippen LogP contribution in [0.2, 0.25) is 0 Å². The first-order valence-corrected chi connectivity index (χ1v) is 9.18. The molecule has 1 aromatic heterocycles. The van der Waals surface area contributed by atoms with E-state index in [0.717, 1.165) is 17.3 Å². The Hall–Kier alpha value is -3.06. The number of nitrogens with zero attached hydrogens (tertiary/aromatic N) is 2. The van der Waals surface area contributed by atoms with Crippen molar-refractivity contribution in [2.75, 3.05) is 5.32 Å². The Balaban J connectivity index is 1.70. The quantitative estimate of drug-likeness (QED) is 0.686. The van der Waals surface area contributed by atoms with Gasteiger partial charge in [0.25, 0.3) is 0 Å². The molecular formula is C20H16FN3O2S. The number of halogens is 1. The highest BCUT2D eigenvalue weighted by Gasteiger charge is 2.29. The highest BCUT2D eigenvalue weighted by Crippen LogP contribution is 2.36. The standard InChI is InChI=1S/C20H16FN3O2S/c1-20(2)13-5-3-4-6-15(13)22-17(24-20)18-23-16(10-27-18)12-8-7-11(19(25)26)9-14(12)21/h3-10H,1-2H3,(H,22,24)(H,25,26). The molecule has 0 atom stereocenters. The van der Waals surface area contributed by atoms with E-state index < -0.39 is 17.3 Å². The van der Waals surface area contributed by atoms with Gasteiger partial charge in [0, 0.05) is 22.2 Å². The molecule has 0 saturated heterocycles.